The van der Waals surface area contributed by atoms with Gasteiger partial charge in [0.2, 0.25) is 5.78 Å². The lowest BCUT2D eigenvalue weighted by Gasteiger charge is -2.29. The van der Waals surface area contributed by atoms with Crippen molar-refractivity contribution in [2.24, 2.45) is 0 Å². The molecule has 4 rings (SSSR count). The number of nitrogens with two attached hydrogens (primary N) is 1. The fraction of sp³-hybridized carbons (Fsp3) is 0.167. The number of ketones is 1. The first-order chi connectivity index (χ1) is 15.8. The average molecular weight is 505 g/mol. The Hall–Kier alpha value is -2.87. The highest BCUT2D eigenvalue weighted by Crippen LogP contribution is 2.51. The molecule has 1 aliphatic heterocycles. The molecular weight excluding hydrogens is 486 g/mol. The Morgan fingerprint density at radius 2 is 1.94 bits per heavy atom. The molecule has 0 amide bonds. The summed E-state index contributed by atoms with van der Waals surface area (Å²) in [6, 6.07) is 11.1. The van der Waals surface area contributed by atoms with E-state index >= 15 is 4.39 Å². The van der Waals surface area contributed by atoms with Crippen LogP contribution in [0.1, 0.15) is 45.6 Å². The Labute approximate surface area is 204 Å². The Kier molecular flexibility index (Phi) is 6.47. The molecule has 9 heteroatoms. The Bertz CT molecular complexity index is 1320. The first-order valence-electron chi connectivity index (χ1n) is 10.0. The number of nitrogens with one attached hydrogen (secondary N) is 1. The lowest BCUT2D eigenvalue weighted by atomic mass is 9.81. The van der Waals surface area contributed by atoms with Crippen molar-refractivity contribution in [3.8, 4) is 0 Å². The molecule has 0 unspecified atom stereocenters. The summed E-state index contributed by atoms with van der Waals surface area (Å²) in [7, 11) is 1.26. The van der Waals surface area contributed by atoms with E-state index in [1.165, 1.54) is 13.2 Å². The number of fused-ring (bicyclic) bond motifs is 1. The van der Waals surface area contributed by atoms with Crippen molar-refractivity contribution < 1.29 is 18.7 Å². The van der Waals surface area contributed by atoms with Gasteiger partial charge in [-0.05, 0) is 24.6 Å². The van der Waals surface area contributed by atoms with Gasteiger partial charge in [-0.15, -0.1) is 11.3 Å². The number of esters is 1. The Morgan fingerprint density at radius 3 is 2.61 bits per heavy atom. The van der Waals surface area contributed by atoms with Crippen LogP contribution in [0.2, 0.25) is 10.0 Å². The first-order valence-corrected chi connectivity index (χ1v) is 11.6. The van der Waals surface area contributed by atoms with Crippen LogP contribution in [0, 0.1) is 5.82 Å². The normalized spacial score (nSPS) is 15.1. The summed E-state index contributed by atoms with van der Waals surface area (Å²) in [4.78, 5) is 26.4. The van der Waals surface area contributed by atoms with Crippen molar-refractivity contribution in [1.82, 2.24) is 0 Å². The molecular formula is C24H19Cl2FN2O3S. The third-order valence-corrected chi connectivity index (χ3v) is 7.16. The van der Waals surface area contributed by atoms with Crippen LogP contribution in [0.4, 0.5) is 15.1 Å². The first kappa shape index (κ1) is 23.3. The summed E-state index contributed by atoms with van der Waals surface area (Å²) >= 11 is 13.3. The van der Waals surface area contributed by atoms with Crippen molar-refractivity contribution >= 4 is 57.0 Å². The molecule has 170 valence electrons. The molecule has 5 nitrogen and oxygen atoms in total. The molecule has 2 aromatic carbocycles. The second-order valence-corrected chi connectivity index (χ2v) is 9.23. The van der Waals surface area contributed by atoms with Crippen molar-refractivity contribution in [3.05, 3.63) is 91.2 Å². The second kappa shape index (κ2) is 9.17. The van der Waals surface area contributed by atoms with Crippen molar-refractivity contribution in [3.63, 3.8) is 0 Å². The highest BCUT2D eigenvalue weighted by Gasteiger charge is 2.39. The van der Waals surface area contributed by atoms with Crippen LogP contribution in [-0.2, 0) is 9.53 Å². The molecule has 3 N–H and O–H groups in total. The van der Waals surface area contributed by atoms with Gasteiger partial charge in [-0.25, -0.2) is 9.18 Å². The zero-order valence-corrected chi connectivity index (χ0v) is 20.0. The number of rotatable bonds is 5. The molecule has 2 heterocycles. The van der Waals surface area contributed by atoms with Gasteiger partial charge in [0.25, 0.3) is 0 Å². The van der Waals surface area contributed by atoms with Gasteiger partial charge in [0, 0.05) is 27.4 Å². The minimum Gasteiger partial charge on any atom is -0.466 e. The van der Waals surface area contributed by atoms with E-state index in [1.54, 1.807) is 36.4 Å². The van der Waals surface area contributed by atoms with Crippen molar-refractivity contribution in [2.45, 2.75) is 19.3 Å². The molecule has 0 fully saturated rings. The predicted molar refractivity (Wildman–Crippen MR) is 130 cm³/mol. The largest absolute Gasteiger partial charge is 0.466 e. The number of methoxy groups -OCH3 is 1. The maximum Gasteiger partial charge on any atom is 0.336 e. The predicted octanol–water partition coefficient (Wildman–Crippen LogP) is 6.40. The Morgan fingerprint density at radius 1 is 1.21 bits per heavy atom. The van der Waals surface area contributed by atoms with Crippen LogP contribution in [0.15, 0.2) is 53.7 Å². The van der Waals surface area contributed by atoms with Gasteiger partial charge in [0.05, 0.1) is 34.3 Å². The van der Waals surface area contributed by atoms with Crippen LogP contribution < -0.4 is 11.1 Å². The number of hydrogen-bond donors (Lipinski definition) is 2. The van der Waals surface area contributed by atoms with E-state index in [2.05, 4.69) is 5.32 Å². The van der Waals surface area contributed by atoms with Gasteiger partial charge in [0.1, 0.15) is 10.7 Å². The molecule has 33 heavy (non-hydrogen) atoms. The molecule has 1 aliphatic rings. The van der Waals surface area contributed by atoms with E-state index in [4.69, 9.17) is 33.7 Å². The minimum absolute atomic E-state index is 0.0844. The van der Waals surface area contributed by atoms with E-state index in [-0.39, 0.29) is 32.5 Å². The molecule has 3 aromatic rings. The van der Waals surface area contributed by atoms with Crippen molar-refractivity contribution in [2.75, 3.05) is 18.2 Å². The molecule has 0 radical (unpaired) electrons. The molecule has 0 aliphatic carbocycles. The van der Waals surface area contributed by atoms with Gasteiger partial charge in [0.15, 0.2) is 0 Å². The van der Waals surface area contributed by atoms with Crippen LogP contribution in [0.3, 0.4) is 0 Å². The van der Waals surface area contributed by atoms with Crippen LogP contribution >= 0.6 is 34.5 Å². The molecule has 0 bridgehead atoms. The average Bonchev–Trinajstić information content (AvgIpc) is 3.14. The number of anilines is 2. The lowest BCUT2D eigenvalue weighted by molar-refractivity contribution is -0.136. The lowest BCUT2D eigenvalue weighted by Crippen LogP contribution is -2.25. The number of thiophene rings is 1. The monoisotopic (exact) mass is 504 g/mol. The van der Waals surface area contributed by atoms with E-state index in [0.717, 1.165) is 11.3 Å². The topological polar surface area (TPSA) is 81.4 Å². The number of hydrogen-bond acceptors (Lipinski definition) is 6. The third kappa shape index (κ3) is 4.01. The number of allylic oxidation sites excluding steroid dienone is 1. The summed E-state index contributed by atoms with van der Waals surface area (Å²) < 4.78 is 20.2. The third-order valence-electron chi connectivity index (χ3n) is 5.49. The summed E-state index contributed by atoms with van der Waals surface area (Å²) in [6.07, 6.45) is 0.442. The van der Waals surface area contributed by atoms with E-state index < -0.39 is 17.7 Å². The highest BCUT2D eigenvalue weighted by molar-refractivity contribution is 7.19. The van der Waals surface area contributed by atoms with Crippen molar-refractivity contribution in [1.29, 1.82) is 0 Å². The van der Waals surface area contributed by atoms with E-state index in [1.807, 2.05) is 6.92 Å². The summed E-state index contributed by atoms with van der Waals surface area (Å²) in [6.45, 7) is 1.86. The van der Waals surface area contributed by atoms with Gasteiger partial charge in [-0.3, -0.25) is 4.79 Å². The number of ether oxygens (including phenoxy) is 1. The number of carbonyl (C=O) groups is 2. The molecule has 1 atom stereocenters. The van der Waals surface area contributed by atoms with Crippen LogP contribution in [0.25, 0.3) is 0 Å². The summed E-state index contributed by atoms with van der Waals surface area (Å²) in [5.74, 6) is -2.51. The summed E-state index contributed by atoms with van der Waals surface area (Å²) in [5, 5.41) is 4.10. The zero-order valence-electron chi connectivity index (χ0n) is 17.7. The minimum atomic E-state index is -0.903. The van der Waals surface area contributed by atoms with Gasteiger partial charge >= 0.3 is 5.97 Å². The standard InChI is InChI=1S/C24H19Cl2FN2O3S/c1-3-15-17(24(31)32-2)16(13-8-5-9-14(26)19(13)27)18-20(28)22(33-23(18)29-15)21(30)11-6-4-7-12(25)10-11/h4-10,16,29H,3,28H2,1-2H3/t16-/m1/s1. The number of benzene rings is 2. The number of halogens is 3. The molecule has 1 aromatic heterocycles. The fourth-order valence-corrected chi connectivity index (χ4v) is 5.49. The van der Waals surface area contributed by atoms with E-state index in [9.17, 15) is 9.59 Å². The molecule has 0 spiro atoms. The molecule has 0 saturated carbocycles. The fourth-order valence-electron chi connectivity index (χ4n) is 3.97. The quantitative estimate of drug-likeness (QED) is 0.310. The Balaban J connectivity index is 1.96. The zero-order chi connectivity index (χ0) is 23.9. The maximum absolute atomic E-state index is 15.2. The van der Waals surface area contributed by atoms with Crippen LogP contribution in [0.5, 0.6) is 0 Å². The van der Waals surface area contributed by atoms with Gasteiger partial charge in [-0.2, -0.15) is 0 Å². The maximum atomic E-state index is 15.2. The highest BCUT2D eigenvalue weighted by atomic mass is 35.5. The van der Waals surface area contributed by atoms with Gasteiger partial charge in [-0.1, -0.05) is 54.4 Å². The molecule has 0 saturated heterocycles. The number of carbonyl (C=O) groups excluding carboxylic acids is 2. The van der Waals surface area contributed by atoms with E-state index in [0.29, 0.717) is 33.3 Å². The van der Waals surface area contributed by atoms with Crippen LogP contribution in [-0.4, -0.2) is 18.9 Å². The SMILES string of the molecule is CCC1=C(C(=O)OC)[C@@H](c2cccc(Cl)c2F)c2c(sc(C(=O)c3cccc(Cl)c3)c2N)N1. The van der Waals surface area contributed by atoms with Gasteiger partial charge < -0.3 is 15.8 Å². The number of nitrogen functional groups attached to an aromatic ring is 1. The second-order valence-electron chi connectivity index (χ2n) is 7.37. The smallest absolute Gasteiger partial charge is 0.336 e. The summed E-state index contributed by atoms with van der Waals surface area (Å²) in [5.41, 5.74) is 8.41.